The fraction of sp³-hybridized carbons (Fsp3) is 0.538. The Morgan fingerprint density at radius 2 is 2.24 bits per heavy atom. The van der Waals surface area contributed by atoms with E-state index in [1.54, 1.807) is 12.4 Å². The van der Waals surface area contributed by atoms with Gasteiger partial charge in [0.05, 0.1) is 6.42 Å². The predicted molar refractivity (Wildman–Crippen MR) is 66.3 cm³/mol. The first-order valence-electron chi connectivity index (χ1n) is 6.09. The number of carbonyl (C=O) groups excluding carboxylic acids is 1. The number of aromatic nitrogens is 1. The van der Waals surface area contributed by atoms with Crippen molar-refractivity contribution in [3.8, 4) is 0 Å². The average Bonchev–Trinajstić information content (AvgIpc) is 2.34. The third kappa shape index (κ3) is 3.03. The van der Waals surface area contributed by atoms with E-state index in [-0.39, 0.29) is 11.9 Å². The molecule has 1 amide bonds. The summed E-state index contributed by atoms with van der Waals surface area (Å²) < 4.78 is 0. The van der Waals surface area contributed by atoms with Gasteiger partial charge in [-0.05, 0) is 30.0 Å². The molecule has 4 nitrogen and oxygen atoms in total. The van der Waals surface area contributed by atoms with Gasteiger partial charge in [0, 0.05) is 31.5 Å². The molecular weight excluding hydrogens is 214 g/mol. The van der Waals surface area contributed by atoms with Gasteiger partial charge in [0.1, 0.15) is 0 Å². The molecule has 2 atom stereocenters. The zero-order valence-electron chi connectivity index (χ0n) is 10.2. The summed E-state index contributed by atoms with van der Waals surface area (Å²) >= 11 is 0. The molecule has 1 aliphatic heterocycles. The van der Waals surface area contributed by atoms with Crippen molar-refractivity contribution in [2.75, 3.05) is 13.1 Å². The number of amides is 1. The third-order valence-corrected chi connectivity index (χ3v) is 3.43. The smallest absolute Gasteiger partial charge is 0.227 e. The molecule has 2 N–H and O–H groups in total. The lowest BCUT2D eigenvalue weighted by atomic mass is 9.94. The zero-order chi connectivity index (χ0) is 12.3. The summed E-state index contributed by atoms with van der Waals surface area (Å²) in [4.78, 5) is 18.0. The molecule has 2 unspecified atom stereocenters. The van der Waals surface area contributed by atoms with E-state index in [1.165, 1.54) is 0 Å². The summed E-state index contributed by atoms with van der Waals surface area (Å²) in [5, 5.41) is 0. The number of nitrogens with zero attached hydrogens (tertiary/aromatic N) is 2. The molecule has 1 saturated heterocycles. The minimum atomic E-state index is 0.190. The van der Waals surface area contributed by atoms with Crippen LogP contribution in [0.15, 0.2) is 24.5 Å². The number of rotatable bonds is 2. The lowest BCUT2D eigenvalue weighted by Crippen LogP contribution is -2.48. The molecule has 1 fully saturated rings. The highest BCUT2D eigenvalue weighted by atomic mass is 16.2. The molecule has 0 spiro atoms. The summed E-state index contributed by atoms with van der Waals surface area (Å²) in [5.74, 6) is 0.583. The number of piperidine rings is 1. The summed E-state index contributed by atoms with van der Waals surface area (Å²) in [5.41, 5.74) is 6.97. The van der Waals surface area contributed by atoms with Crippen LogP contribution in [0.3, 0.4) is 0 Å². The molecule has 0 aliphatic carbocycles. The normalized spacial score (nSPS) is 24.7. The average molecular weight is 233 g/mol. The van der Waals surface area contributed by atoms with E-state index >= 15 is 0 Å². The molecule has 0 aromatic carbocycles. The van der Waals surface area contributed by atoms with Crippen molar-refractivity contribution >= 4 is 5.91 Å². The van der Waals surface area contributed by atoms with Crippen molar-refractivity contribution in [1.82, 2.24) is 9.88 Å². The van der Waals surface area contributed by atoms with Crippen LogP contribution in [0.2, 0.25) is 0 Å². The SMILES string of the molecule is CC1CN(C(=O)Cc2ccncc2)CCC1N. The molecule has 2 rings (SSSR count). The second-order valence-electron chi connectivity index (χ2n) is 4.80. The van der Waals surface area contributed by atoms with E-state index in [9.17, 15) is 4.79 Å². The van der Waals surface area contributed by atoms with E-state index in [4.69, 9.17) is 5.73 Å². The number of likely N-dealkylation sites (tertiary alicyclic amines) is 1. The summed E-state index contributed by atoms with van der Waals surface area (Å²) in [6.45, 7) is 3.68. The fourth-order valence-corrected chi connectivity index (χ4v) is 2.18. The van der Waals surface area contributed by atoms with E-state index in [0.717, 1.165) is 25.1 Å². The molecule has 17 heavy (non-hydrogen) atoms. The van der Waals surface area contributed by atoms with Crippen molar-refractivity contribution in [2.45, 2.75) is 25.8 Å². The maximum absolute atomic E-state index is 12.1. The Balaban J connectivity index is 1.93. The Morgan fingerprint density at radius 1 is 1.53 bits per heavy atom. The Kier molecular flexibility index (Phi) is 3.74. The van der Waals surface area contributed by atoms with Crippen LogP contribution in [0.25, 0.3) is 0 Å². The number of pyridine rings is 1. The van der Waals surface area contributed by atoms with Gasteiger partial charge in [-0.3, -0.25) is 9.78 Å². The van der Waals surface area contributed by atoms with Gasteiger partial charge in [0.2, 0.25) is 5.91 Å². The summed E-state index contributed by atoms with van der Waals surface area (Å²) in [6, 6.07) is 4.01. The van der Waals surface area contributed by atoms with E-state index in [2.05, 4.69) is 11.9 Å². The molecule has 1 aromatic rings. The topological polar surface area (TPSA) is 59.2 Å². The lowest BCUT2D eigenvalue weighted by Gasteiger charge is -2.35. The molecule has 1 aromatic heterocycles. The highest BCUT2D eigenvalue weighted by Gasteiger charge is 2.25. The van der Waals surface area contributed by atoms with E-state index < -0.39 is 0 Å². The van der Waals surface area contributed by atoms with Gasteiger partial charge in [-0.2, -0.15) is 0 Å². The molecule has 1 aliphatic rings. The highest BCUT2D eigenvalue weighted by molar-refractivity contribution is 5.78. The minimum absolute atomic E-state index is 0.190. The largest absolute Gasteiger partial charge is 0.342 e. The monoisotopic (exact) mass is 233 g/mol. The van der Waals surface area contributed by atoms with Gasteiger partial charge in [-0.25, -0.2) is 0 Å². The maximum Gasteiger partial charge on any atom is 0.227 e. The first-order chi connectivity index (χ1) is 8.16. The summed E-state index contributed by atoms with van der Waals surface area (Å²) in [7, 11) is 0. The van der Waals surface area contributed by atoms with E-state index in [0.29, 0.717) is 12.3 Å². The van der Waals surface area contributed by atoms with Gasteiger partial charge in [-0.15, -0.1) is 0 Å². The Morgan fingerprint density at radius 3 is 2.88 bits per heavy atom. The first-order valence-corrected chi connectivity index (χ1v) is 6.09. The van der Waals surface area contributed by atoms with Crippen molar-refractivity contribution in [2.24, 2.45) is 11.7 Å². The van der Waals surface area contributed by atoms with Gasteiger partial charge in [0.15, 0.2) is 0 Å². The van der Waals surface area contributed by atoms with Crippen LogP contribution in [0, 0.1) is 5.92 Å². The van der Waals surface area contributed by atoms with E-state index in [1.807, 2.05) is 17.0 Å². The van der Waals surface area contributed by atoms with Gasteiger partial charge in [0.25, 0.3) is 0 Å². The van der Waals surface area contributed by atoms with Crippen LogP contribution in [0.4, 0.5) is 0 Å². The molecule has 0 saturated carbocycles. The lowest BCUT2D eigenvalue weighted by molar-refractivity contribution is -0.132. The van der Waals surface area contributed by atoms with Crippen molar-refractivity contribution in [3.05, 3.63) is 30.1 Å². The third-order valence-electron chi connectivity index (χ3n) is 3.43. The Hall–Kier alpha value is -1.42. The number of carbonyl (C=O) groups is 1. The zero-order valence-corrected chi connectivity index (χ0v) is 10.2. The minimum Gasteiger partial charge on any atom is -0.342 e. The predicted octanol–water partition coefficient (Wildman–Crippen LogP) is 0.820. The van der Waals surface area contributed by atoms with Crippen molar-refractivity contribution in [1.29, 1.82) is 0 Å². The van der Waals surface area contributed by atoms with Crippen molar-refractivity contribution < 1.29 is 4.79 Å². The standard InChI is InChI=1S/C13H19N3O/c1-10-9-16(7-4-12(10)14)13(17)8-11-2-5-15-6-3-11/h2-3,5-6,10,12H,4,7-9,14H2,1H3. The maximum atomic E-state index is 12.1. The molecule has 0 bridgehead atoms. The van der Waals surface area contributed by atoms with Crippen LogP contribution in [-0.4, -0.2) is 34.9 Å². The van der Waals surface area contributed by atoms with Crippen LogP contribution in [0.1, 0.15) is 18.9 Å². The van der Waals surface area contributed by atoms with Crippen molar-refractivity contribution in [3.63, 3.8) is 0 Å². The Labute approximate surface area is 102 Å². The highest BCUT2D eigenvalue weighted by Crippen LogP contribution is 2.15. The van der Waals surface area contributed by atoms with Crippen LogP contribution >= 0.6 is 0 Å². The van der Waals surface area contributed by atoms with Crippen LogP contribution in [-0.2, 0) is 11.2 Å². The Bertz CT molecular complexity index is 380. The number of hydrogen-bond donors (Lipinski definition) is 1. The molecule has 0 radical (unpaired) electrons. The van der Waals surface area contributed by atoms with Crippen LogP contribution < -0.4 is 5.73 Å². The van der Waals surface area contributed by atoms with Gasteiger partial charge in [-0.1, -0.05) is 6.92 Å². The summed E-state index contributed by atoms with van der Waals surface area (Å²) in [6.07, 6.45) is 4.81. The molecule has 4 heteroatoms. The second-order valence-corrected chi connectivity index (χ2v) is 4.80. The molecular formula is C13H19N3O. The first kappa shape index (κ1) is 12.0. The number of nitrogens with two attached hydrogens (primary N) is 1. The van der Waals surface area contributed by atoms with Gasteiger partial charge >= 0.3 is 0 Å². The fourth-order valence-electron chi connectivity index (χ4n) is 2.18. The molecule has 2 heterocycles. The molecule has 92 valence electrons. The van der Waals surface area contributed by atoms with Gasteiger partial charge < -0.3 is 10.6 Å². The second kappa shape index (κ2) is 5.27. The number of hydrogen-bond acceptors (Lipinski definition) is 3. The quantitative estimate of drug-likeness (QED) is 0.822. The van der Waals surface area contributed by atoms with Crippen LogP contribution in [0.5, 0.6) is 0 Å².